The van der Waals surface area contributed by atoms with Crippen LogP contribution in [-0.4, -0.2) is 58.6 Å². The number of likely N-dealkylation sites (tertiary alicyclic amines) is 1. The van der Waals surface area contributed by atoms with Crippen LogP contribution in [0.2, 0.25) is 0 Å². The Morgan fingerprint density at radius 2 is 1.69 bits per heavy atom. The number of piperidine rings is 1. The Morgan fingerprint density at radius 3 is 2.35 bits per heavy atom. The lowest BCUT2D eigenvalue weighted by atomic mass is 10.1. The van der Waals surface area contributed by atoms with Crippen molar-refractivity contribution in [3.05, 3.63) is 29.8 Å². The van der Waals surface area contributed by atoms with E-state index in [4.69, 9.17) is 0 Å². The summed E-state index contributed by atoms with van der Waals surface area (Å²) in [5.41, 5.74) is 1.86. The van der Waals surface area contributed by atoms with Crippen LogP contribution in [0.1, 0.15) is 31.7 Å². The Kier molecular flexibility index (Phi) is 8.77. The molecule has 0 aromatic heterocycles. The number of benzene rings is 1. The van der Waals surface area contributed by atoms with E-state index in [9.17, 15) is 13.8 Å². The lowest BCUT2D eigenvalue weighted by molar-refractivity contribution is -0.118. The number of nitrogens with zero attached hydrogens (tertiary/aromatic N) is 1. The highest BCUT2D eigenvalue weighted by Gasteiger charge is 2.14. The zero-order chi connectivity index (χ0) is 18.8. The predicted octanol–water partition coefficient (Wildman–Crippen LogP) is 1.54. The number of nitrogens with one attached hydrogen (secondary N) is 2. The van der Waals surface area contributed by atoms with Gasteiger partial charge in [-0.15, -0.1) is 0 Å². The zero-order valence-electron chi connectivity index (χ0n) is 15.5. The number of hydrogen-bond donors (Lipinski definition) is 2. The summed E-state index contributed by atoms with van der Waals surface area (Å²) in [5, 5.41) is 5.50. The van der Waals surface area contributed by atoms with Gasteiger partial charge in [0.2, 0.25) is 11.8 Å². The molecule has 0 bridgehead atoms. The van der Waals surface area contributed by atoms with Gasteiger partial charge in [-0.3, -0.25) is 13.8 Å². The Morgan fingerprint density at radius 1 is 1.04 bits per heavy atom. The maximum Gasteiger partial charge on any atom is 0.237 e. The van der Waals surface area contributed by atoms with E-state index in [1.54, 1.807) is 0 Å². The minimum Gasteiger partial charge on any atom is -0.354 e. The molecule has 2 N–H and O–H groups in total. The molecular weight excluding hydrogens is 350 g/mol. The number of rotatable bonds is 9. The van der Waals surface area contributed by atoms with Crippen LogP contribution in [0.5, 0.6) is 0 Å². The number of hydrogen-bond acceptors (Lipinski definition) is 4. The third kappa shape index (κ3) is 7.66. The second kappa shape index (κ2) is 11.1. The molecule has 1 aromatic carbocycles. The molecule has 0 spiro atoms. The van der Waals surface area contributed by atoms with E-state index in [2.05, 4.69) is 22.5 Å². The molecule has 0 aliphatic carbocycles. The third-order valence-corrected chi connectivity index (χ3v) is 5.60. The normalized spacial score (nSPS) is 16.0. The fourth-order valence-corrected chi connectivity index (χ4v) is 3.81. The van der Waals surface area contributed by atoms with E-state index in [1.165, 1.54) is 24.8 Å². The van der Waals surface area contributed by atoms with Crippen LogP contribution in [0.15, 0.2) is 24.3 Å². The highest BCUT2D eigenvalue weighted by atomic mass is 32.2. The van der Waals surface area contributed by atoms with Crippen molar-refractivity contribution < 1.29 is 13.8 Å². The zero-order valence-corrected chi connectivity index (χ0v) is 16.3. The number of aryl methyl sites for hydroxylation is 1. The summed E-state index contributed by atoms with van der Waals surface area (Å²) in [6.07, 6.45) is 4.65. The van der Waals surface area contributed by atoms with Crippen molar-refractivity contribution in [1.82, 2.24) is 10.2 Å². The molecule has 1 aliphatic heterocycles. The van der Waals surface area contributed by atoms with Gasteiger partial charge in [0.15, 0.2) is 0 Å². The van der Waals surface area contributed by atoms with Gasteiger partial charge in [0, 0.05) is 29.6 Å². The summed E-state index contributed by atoms with van der Waals surface area (Å²) in [4.78, 5) is 26.1. The summed E-state index contributed by atoms with van der Waals surface area (Å²) in [6, 6.07) is 7.55. The molecule has 1 aliphatic rings. The Bertz CT molecular complexity index is 613. The summed E-state index contributed by atoms with van der Waals surface area (Å²) in [5.74, 6) is -0.911. The summed E-state index contributed by atoms with van der Waals surface area (Å²) in [6.45, 7) is 5.62. The summed E-state index contributed by atoms with van der Waals surface area (Å²) in [7, 11) is -1.51. The van der Waals surface area contributed by atoms with Crippen molar-refractivity contribution in [1.29, 1.82) is 0 Å². The van der Waals surface area contributed by atoms with E-state index in [0.717, 1.165) is 26.1 Å². The molecule has 0 saturated carbocycles. The van der Waals surface area contributed by atoms with Crippen LogP contribution in [0, 0.1) is 0 Å². The highest BCUT2D eigenvalue weighted by molar-refractivity contribution is 7.86. The second-order valence-corrected chi connectivity index (χ2v) is 8.04. The summed E-state index contributed by atoms with van der Waals surface area (Å²) >= 11 is 0. The van der Waals surface area contributed by atoms with Gasteiger partial charge in [0.1, 0.15) is 11.5 Å². The number of amides is 2. The van der Waals surface area contributed by atoms with Crippen LogP contribution in [0.3, 0.4) is 0 Å². The van der Waals surface area contributed by atoms with Crippen molar-refractivity contribution in [2.45, 2.75) is 32.6 Å². The van der Waals surface area contributed by atoms with E-state index < -0.39 is 10.8 Å². The fourth-order valence-electron chi connectivity index (χ4n) is 2.95. The lowest BCUT2D eigenvalue weighted by Crippen LogP contribution is -2.39. The average molecular weight is 380 g/mol. The van der Waals surface area contributed by atoms with E-state index in [-0.39, 0.29) is 23.3 Å². The molecule has 1 aromatic rings. The predicted molar refractivity (Wildman–Crippen MR) is 106 cm³/mol. The van der Waals surface area contributed by atoms with E-state index in [0.29, 0.717) is 12.2 Å². The molecule has 26 heavy (non-hydrogen) atoms. The van der Waals surface area contributed by atoms with Gasteiger partial charge >= 0.3 is 0 Å². The van der Waals surface area contributed by atoms with Gasteiger partial charge in [-0.1, -0.05) is 25.5 Å². The molecule has 7 heteroatoms. The maximum atomic E-state index is 12.0. The number of carbonyl (C=O) groups excluding carboxylic acids is 2. The van der Waals surface area contributed by atoms with Crippen molar-refractivity contribution >= 4 is 28.3 Å². The number of anilines is 1. The van der Waals surface area contributed by atoms with Crippen LogP contribution < -0.4 is 10.6 Å². The van der Waals surface area contributed by atoms with Crippen molar-refractivity contribution in [2.24, 2.45) is 0 Å². The summed E-state index contributed by atoms with van der Waals surface area (Å²) < 4.78 is 12.0. The molecule has 0 radical (unpaired) electrons. The third-order valence-electron chi connectivity index (χ3n) is 4.43. The molecule has 1 atom stereocenters. The minimum atomic E-state index is -1.51. The molecule has 2 rings (SSSR count). The van der Waals surface area contributed by atoms with Gasteiger partial charge in [-0.25, -0.2) is 0 Å². The van der Waals surface area contributed by atoms with Gasteiger partial charge in [-0.05, 0) is 50.0 Å². The molecular formula is C19H29N3O3S. The van der Waals surface area contributed by atoms with Gasteiger partial charge in [-0.2, -0.15) is 0 Å². The first-order chi connectivity index (χ1) is 12.6. The van der Waals surface area contributed by atoms with Crippen LogP contribution in [-0.2, 0) is 26.8 Å². The van der Waals surface area contributed by atoms with E-state index >= 15 is 0 Å². The van der Waals surface area contributed by atoms with Crippen LogP contribution in [0.25, 0.3) is 0 Å². The smallest absolute Gasteiger partial charge is 0.237 e. The molecule has 1 unspecified atom stereocenters. The fraction of sp³-hybridized carbons (Fsp3) is 0.579. The van der Waals surface area contributed by atoms with Gasteiger partial charge in [0.25, 0.3) is 0 Å². The Balaban J connectivity index is 1.63. The standard InChI is InChI=1S/C19H29N3O3S/c1-2-16-6-8-17(9-7-16)21-19(24)15-26(25)14-18(23)20-10-13-22-11-4-3-5-12-22/h6-9H,2-5,10-15H2,1H3,(H,20,23)(H,21,24). The molecule has 1 saturated heterocycles. The van der Waals surface area contributed by atoms with Crippen LogP contribution >= 0.6 is 0 Å². The molecule has 2 amide bonds. The monoisotopic (exact) mass is 379 g/mol. The molecule has 6 nitrogen and oxygen atoms in total. The number of carbonyl (C=O) groups is 2. The topological polar surface area (TPSA) is 78.5 Å². The van der Waals surface area contributed by atoms with Crippen LogP contribution in [0.4, 0.5) is 5.69 Å². The van der Waals surface area contributed by atoms with Crippen molar-refractivity contribution in [2.75, 3.05) is 43.0 Å². The Labute approximate surface area is 158 Å². The minimum absolute atomic E-state index is 0.137. The average Bonchev–Trinajstić information content (AvgIpc) is 2.63. The van der Waals surface area contributed by atoms with Crippen molar-refractivity contribution in [3.63, 3.8) is 0 Å². The first-order valence-electron chi connectivity index (χ1n) is 9.29. The Hall–Kier alpha value is -1.73. The largest absolute Gasteiger partial charge is 0.354 e. The van der Waals surface area contributed by atoms with Gasteiger partial charge in [0.05, 0.1) is 0 Å². The van der Waals surface area contributed by atoms with Gasteiger partial charge < -0.3 is 15.5 Å². The maximum absolute atomic E-state index is 12.0. The quantitative estimate of drug-likeness (QED) is 0.682. The highest BCUT2D eigenvalue weighted by Crippen LogP contribution is 2.10. The molecule has 1 fully saturated rings. The molecule has 144 valence electrons. The SMILES string of the molecule is CCc1ccc(NC(=O)CS(=O)CC(=O)NCCN2CCCCC2)cc1. The first kappa shape index (κ1) is 20.6. The second-order valence-electron chi connectivity index (χ2n) is 6.58. The lowest BCUT2D eigenvalue weighted by Gasteiger charge is -2.26. The van der Waals surface area contributed by atoms with Crippen molar-refractivity contribution in [3.8, 4) is 0 Å². The molecule has 1 heterocycles. The first-order valence-corrected chi connectivity index (χ1v) is 10.8. The van der Waals surface area contributed by atoms with E-state index in [1.807, 2.05) is 24.3 Å².